The molecule has 0 saturated heterocycles. The molecule has 2 aromatic rings. The van der Waals surface area contributed by atoms with Crippen LogP contribution in [0.2, 0.25) is 0 Å². The molecule has 0 atom stereocenters. The molecule has 4 nitrogen and oxygen atoms in total. The fraction of sp³-hybridized carbons (Fsp3) is 0.357. The average molecular weight is 275 g/mol. The maximum Gasteiger partial charge on any atom is 0.208 e. The van der Waals surface area contributed by atoms with Crippen LogP contribution < -0.4 is 0 Å². The average Bonchev–Trinajstić information content (AvgIpc) is 2.91. The molecule has 0 aliphatic carbocycles. The Balaban J connectivity index is 1.85. The molecular formula is C14H17N3OS. The van der Waals surface area contributed by atoms with Crippen LogP contribution in [0.5, 0.6) is 0 Å². The first-order valence-electron chi connectivity index (χ1n) is 6.42. The van der Waals surface area contributed by atoms with Gasteiger partial charge in [0, 0.05) is 12.0 Å². The van der Waals surface area contributed by atoms with E-state index in [1.54, 1.807) is 0 Å². The third-order valence-electron chi connectivity index (χ3n) is 2.71. The summed E-state index contributed by atoms with van der Waals surface area (Å²) >= 11 is 1.37. The molecule has 100 valence electrons. The molecule has 0 fully saturated rings. The number of aryl methyl sites for hydroxylation is 1. The molecule has 1 heterocycles. The number of carbonyl (C=O) groups excluding carboxylic acids is 1. The summed E-state index contributed by atoms with van der Waals surface area (Å²) in [7, 11) is 0. The SMILES string of the molecule is CCCCc1nc(SCC(=O)c2ccccc2)n[nH]1. The number of benzene rings is 1. The second-order valence-corrected chi connectivity index (χ2v) is 5.19. The number of carbonyl (C=O) groups is 1. The lowest BCUT2D eigenvalue weighted by Gasteiger charge is -1.97. The van der Waals surface area contributed by atoms with E-state index in [0.717, 1.165) is 30.7 Å². The predicted octanol–water partition coefficient (Wildman–Crippen LogP) is 3.12. The van der Waals surface area contributed by atoms with Gasteiger partial charge in [-0.05, 0) is 6.42 Å². The van der Waals surface area contributed by atoms with Crippen LogP contribution in [0.4, 0.5) is 0 Å². The fourth-order valence-corrected chi connectivity index (χ4v) is 2.35. The Morgan fingerprint density at radius 3 is 2.84 bits per heavy atom. The summed E-state index contributed by atoms with van der Waals surface area (Å²) in [5.41, 5.74) is 0.733. The van der Waals surface area contributed by atoms with Gasteiger partial charge in [-0.25, -0.2) is 4.98 Å². The van der Waals surface area contributed by atoms with Gasteiger partial charge in [-0.2, -0.15) is 0 Å². The number of Topliss-reactive ketones (excluding diaryl/α,β-unsaturated/α-hetero) is 1. The first-order chi connectivity index (χ1) is 9.29. The molecule has 19 heavy (non-hydrogen) atoms. The number of H-pyrrole nitrogens is 1. The molecule has 0 amide bonds. The van der Waals surface area contributed by atoms with Crippen molar-refractivity contribution in [2.24, 2.45) is 0 Å². The van der Waals surface area contributed by atoms with Crippen LogP contribution in [0.15, 0.2) is 35.5 Å². The van der Waals surface area contributed by atoms with Crippen molar-refractivity contribution >= 4 is 17.5 Å². The normalized spacial score (nSPS) is 10.6. The molecule has 0 aliphatic rings. The Labute approximate surface area is 117 Å². The van der Waals surface area contributed by atoms with E-state index in [1.807, 2.05) is 30.3 Å². The van der Waals surface area contributed by atoms with Gasteiger partial charge in [-0.1, -0.05) is 55.4 Å². The van der Waals surface area contributed by atoms with E-state index in [-0.39, 0.29) is 5.78 Å². The standard InChI is InChI=1S/C14H17N3OS/c1-2-3-9-13-15-14(17-16-13)19-10-12(18)11-7-5-4-6-8-11/h4-8H,2-3,9-10H2,1H3,(H,15,16,17). The van der Waals surface area contributed by atoms with Gasteiger partial charge in [0.05, 0.1) is 5.75 Å². The molecule has 5 heteroatoms. The minimum Gasteiger partial charge on any atom is -0.293 e. The third-order valence-corrected chi connectivity index (χ3v) is 3.55. The van der Waals surface area contributed by atoms with Gasteiger partial charge in [0.1, 0.15) is 5.82 Å². The quantitative estimate of drug-likeness (QED) is 0.623. The topological polar surface area (TPSA) is 58.6 Å². The van der Waals surface area contributed by atoms with Crippen molar-refractivity contribution < 1.29 is 4.79 Å². The molecule has 0 radical (unpaired) electrons. The summed E-state index contributed by atoms with van der Waals surface area (Å²) in [5.74, 6) is 1.37. The van der Waals surface area contributed by atoms with E-state index in [1.165, 1.54) is 11.8 Å². The lowest BCUT2D eigenvalue weighted by atomic mass is 10.2. The van der Waals surface area contributed by atoms with Gasteiger partial charge in [-0.3, -0.25) is 9.89 Å². The maximum atomic E-state index is 11.9. The van der Waals surface area contributed by atoms with Crippen molar-refractivity contribution in [1.29, 1.82) is 0 Å². The van der Waals surface area contributed by atoms with Crippen LogP contribution in [0, 0.1) is 0 Å². The molecule has 1 aromatic heterocycles. The number of ketones is 1. The van der Waals surface area contributed by atoms with Gasteiger partial charge in [0.15, 0.2) is 5.78 Å². The lowest BCUT2D eigenvalue weighted by Crippen LogP contribution is -2.02. The van der Waals surface area contributed by atoms with Gasteiger partial charge >= 0.3 is 0 Å². The van der Waals surface area contributed by atoms with E-state index in [0.29, 0.717) is 10.9 Å². The van der Waals surface area contributed by atoms with E-state index < -0.39 is 0 Å². The van der Waals surface area contributed by atoms with Crippen LogP contribution in [0.25, 0.3) is 0 Å². The number of hydrogen-bond acceptors (Lipinski definition) is 4. The van der Waals surface area contributed by atoms with Crippen LogP contribution in [-0.2, 0) is 6.42 Å². The van der Waals surface area contributed by atoms with E-state index in [4.69, 9.17) is 0 Å². The van der Waals surface area contributed by atoms with E-state index >= 15 is 0 Å². The van der Waals surface area contributed by atoms with Crippen molar-refractivity contribution in [3.8, 4) is 0 Å². The zero-order valence-electron chi connectivity index (χ0n) is 10.9. The predicted molar refractivity (Wildman–Crippen MR) is 76.5 cm³/mol. The number of thioether (sulfide) groups is 1. The molecular weight excluding hydrogens is 258 g/mol. The second kappa shape index (κ2) is 7.09. The molecule has 2 rings (SSSR count). The summed E-state index contributed by atoms with van der Waals surface area (Å²) < 4.78 is 0. The first-order valence-corrected chi connectivity index (χ1v) is 7.40. The first kappa shape index (κ1) is 13.8. The number of rotatable bonds is 7. The van der Waals surface area contributed by atoms with Crippen molar-refractivity contribution in [3.05, 3.63) is 41.7 Å². The zero-order valence-corrected chi connectivity index (χ0v) is 11.7. The van der Waals surface area contributed by atoms with Crippen molar-refractivity contribution in [1.82, 2.24) is 15.2 Å². The fourth-order valence-electron chi connectivity index (χ4n) is 1.64. The van der Waals surface area contributed by atoms with Crippen LogP contribution >= 0.6 is 11.8 Å². The monoisotopic (exact) mass is 275 g/mol. The molecule has 0 saturated carbocycles. The second-order valence-electron chi connectivity index (χ2n) is 4.25. The highest BCUT2D eigenvalue weighted by molar-refractivity contribution is 7.99. The highest BCUT2D eigenvalue weighted by atomic mass is 32.2. The largest absolute Gasteiger partial charge is 0.293 e. The molecule has 0 bridgehead atoms. The Kier molecular flexibility index (Phi) is 5.15. The van der Waals surface area contributed by atoms with E-state index in [2.05, 4.69) is 22.1 Å². The summed E-state index contributed by atoms with van der Waals surface area (Å²) in [6.45, 7) is 2.14. The Morgan fingerprint density at radius 1 is 1.32 bits per heavy atom. The van der Waals surface area contributed by atoms with Crippen molar-refractivity contribution in [2.45, 2.75) is 31.3 Å². The summed E-state index contributed by atoms with van der Waals surface area (Å²) in [6, 6.07) is 9.29. The van der Waals surface area contributed by atoms with Gasteiger partial charge < -0.3 is 0 Å². The highest BCUT2D eigenvalue weighted by Crippen LogP contribution is 2.15. The summed E-state index contributed by atoms with van der Waals surface area (Å²) in [5, 5.41) is 7.67. The maximum absolute atomic E-state index is 11.9. The molecule has 1 N–H and O–H groups in total. The van der Waals surface area contributed by atoms with Crippen molar-refractivity contribution in [3.63, 3.8) is 0 Å². The Morgan fingerprint density at radius 2 is 2.11 bits per heavy atom. The molecule has 0 unspecified atom stereocenters. The smallest absolute Gasteiger partial charge is 0.208 e. The zero-order chi connectivity index (χ0) is 13.5. The van der Waals surface area contributed by atoms with Gasteiger partial charge in [0.2, 0.25) is 5.16 Å². The molecule has 0 aliphatic heterocycles. The number of aromatic nitrogens is 3. The number of aromatic amines is 1. The number of unbranched alkanes of at least 4 members (excludes halogenated alkanes) is 1. The van der Waals surface area contributed by atoms with Gasteiger partial charge in [0.25, 0.3) is 0 Å². The minimum atomic E-state index is 0.102. The minimum absolute atomic E-state index is 0.102. The number of hydrogen-bond donors (Lipinski definition) is 1. The van der Waals surface area contributed by atoms with E-state index in [9.17, 15) is 4.79 Å². The Hall–Kier alpha value is -1.62. The molecule has 0 spiro atoms. The van der Waals surface area contributed by atoms with Crippen molar-refractivity contribution in [2.75, 3.05) is 5.75 Å². The highest BCUT2D eigenvalue weighted by Gasteiger charge is 2.09. The van der Waals surface area contributed by atoms with Crippen LogP contribution in [0.3, 0.4) is 0 Å². The summed E-state index contributed by atoms with van der Waals surface area (Å²) in [6.07, 6.45) is 3.15. The third kappa shape index (κ3) is 4.21. The molecule has 1 aromatic carbocycles. The number of nitrogens with one attached hydrogen (secondary N) is 1. The lowest BCUT2D eigenvalue weighted by molar-refractivity contribution is 0.102. The Bertz CT molecular complexity index is 524. The number of nitrogens with zero attached hydrogens (tertiary/aromatic N) is 2. The van der Waals surface area contributed by atoms with Gasteiger partial charge in [-0.15, -0.1) is 5.10 Å². The van der Waals surface area contributed by atoms with Crippen LogP contribution in [-0.4, -0.2) is 26.7 Å². The summed E-state index contributed by atoms with van der Waals surface area (Å²) in [4.78, 5) is 16.3. The van der Waals surface area contributed by atoms with Crippen LogP contribution in [0.1, 0.15) is 35.9 Å².